The van der Waals surface area contributed by atoms with Crippen LogP contribution >= 0.6 is 11.8 Å². The van der Waals surface area contributed by atoms with Gasteiger partial charge < -0.3 is 9.64 Å². The fourth-order valence-electron chi connectivity index (χ4n) is 4.35. The Balaban J connectivity index is 1.38. The summed E-state index contributed by atoms with van der Waals surface area (Å²) < 4.78 is 7.46. The van der Waals surface area contributed by atoms with Crippen molar-refractivity contribution in [3.8, 4) is 5.75 Å². The molecule has 0 aliphatic carbocycles. The third kappa shape index (κ3) is 5.21. The average molecular weight is 497 g/mol. The Labute approximate surface area is 214 Å². The summed E-state index contributed by atoms with van der Waals surface area (Å²) >= 11 is 1.42. The molecule has 0 saturated carbocycles. The molecule has 2 aromatic heterocycles. The van der Waals surface area contributed by atoms with Crippen molar-refractivity contribution < 1.29 is 9.53 Å². The van der Waals surface area contributed by atoms with Gasteiger partial charge in [-0.3, -0.25) is 9.20 Å². The van der Waals surface area contributed by atoms with E-state index in [9.17, 15) is 4.79 Å². The molecule has 0 fully saturated rings. The van der Waals surface area contributed by atoms with Gasteiger partial charge in [-0.15, -0.1) is 10.2 Å². The van der Waals surface area contributed by atoms with Crippen LogP contribution in [0.15, 0.2) is 90.1 Å². The predicted octanol–water partition coefficient (Wildman–Crippen LogP) is 5.56. The van der Waals surface area contributed by atoms with E-state index in [1.54, 1.807) is 7.11 Å². The number of rotatable bonds is 9. The quantitative estimate of drug-likeness (QED) is 0.250. The van der Waals surface area contributed by atoms with E-state index < -0.39 is 0 Å². The van der Waals surface area contributed by atoms with E-state index in [0.717, 1.165) is 39.8 Å². The van der Waals surface area contributed by atoms with Crippen molar-refractivity contribution in [2.45, 2.75) is 25.0 Å². The molecule has 36 heavy (non-hydrogen) atoms. The molecule has 0 bridgehead atoms. The molecule has 7 heteroatoms. The van der Waals surface area contributed by atoms with E-state index in [1.807, 2.05) is 70.0 Å². The van der Waals surface area contributed by atoms with Gasteiger partial charge in [-0.1, -0.05) is 72.4 Å². The number of aryl methyl sites for hydroxylation is 1. The van der Waals surface area contributed by atoms with Gasteiger partial charge in [-0.05, 0) is 48.2 Å². The monoisotopic (exact) mass is 496 g/mol. The summed E-state index contributed by atoms with van der Waals surface area (Å²) in [5.74, 6) is 1.12. The number of carbonyl (C=O) groups is 1. The van der Waals surface area contributed by atoms with Gasteiger partial charge in [0, 0.05) is 24.5 Å². The van der Waals surface area contributed by atoms with Crippen LogP contribution in [0.4, 0.5) is 0 Å². The van der Waals surface area contributed by atoms with E-state index in [0.29, 0.717) is 18.2 Å². The van der Waals surface area contributed by atoms with Crippen LogP contribution < -0.4 is 4.74 Å². The minimum Gasteiger partial charge on any atom is -0.497 e. The molecular formula is C29H28N4O2S. The van der Waals surface area contributed by atoms with Crippen molar-refractivity contribution in [2.75, 3.05) is 19.4 Å². The van der Waals surface area contributed by atoms with Gasteiger partial charge in [-0.2, -0.15) is 0 Å². The van der Waals surface area contributed by atoms with Gasteiger partial charge in [0.15, 0.2) is 10.8 Å². The molecule has 3 aromatic carbocycles. The van der Waals surface area contributed by atoms with Crippen molar-refractivity contribution in [1.82, 2.24) is 19.5 Å². The Kier molecular flexibility index (Phi) is 7.18. The molecule has 0 atom stereocenters. The van der Waals surface area contributed by atoms with Crippen molar-refractivity contribution in [3.63, 3.8) is 0 Å². The van der Waals surface area contributed by atoms with E-state index in [-0.39, 0.29) is 11.7 Å². The van der Waals surface area contributed by atoms with Gasteiger partial charge in [0.25, 0.3) is 0 Å². The summed E-state index contributed by atoms with van der Waals surface area (Å²) in [6.07, 6.45) is 0.807. The standard InChI is InChI=1S/C29H28N4O2S/c1-21-17-27-30-31-29(33(27)26-18-24(35-2)13-14-25(21)26)36-20-28(34)32(19-23-11-7-4-8-12-23)16-15-22-9-5-3-6-10-22/h3-14,17-18H,15-16,19-20H2,1-2H3. The molecular weight excluding hydrogens is 468 g/mol. The van der Waals surface area contributed by atoms with Crippen LogP contribution in [0.25, 0.3) is 16.6 Å². The Morgan fingerprint density at radius 3 is 2.39 bits per heavy atom. The fraction of sp³-hybridized carbons (Fsp3) is 0.207. The molecule has 0 saturated heterocycles. The van der Waals surface area contributed by atoms with Crippen molar-refractivity contribution in [1.29, 1.82) is 0 Å². The molecule has 0 N–H and O–H groups in total. The maximum atomic E-state index is 13.4. The number of amides is 1. The molecule has 0 unspecified atom stereocenters. The van der Waals surface area contributed by atoms with E-state index in [2.05, 4.69) is 41.4 Å². The maximum Gasteiger partial charge on any atom is 0.233 e. The zero-order valence-electron chi connectivity index (χ0n) is 20.4. The highest BCUT2D eigenvalue weighted by Crippen LogP contribution is 2.29. The van der Waals surface area contributed by atoms with Crippen molar-refractivity contribution >= 4 is 34.2 Å². The number of ether oxygens (including phenoxy) is 1. The molecule has 182 valence electrons. The Morgan fingerprint density at radius 2 is 1.67 bits per heavy atom. The Morgan fingerprint density at radius 1 is 0.944 bits per heavy atom. The van der Waals surface area contributed by atoms with Crippen LogP contribution in [0, 0.1) is 6.92 Å². The zero-order valence-corrected chi connectivity index (χ0v) is 21.2. The van der Waals surface area contributed by atoms with Crippen molar-refractivity contribution in [2.24, 2.45) is 0 Å². The summed E-state index contributed by atoms with van der Waals surface area (Å²) in [5, 5.41) is 10.6. The predicted molar refractivity (Wildman–Crippen MR) is 145 cm³/mol. The number of thioether (sulfide) groups is 1. The number of aromatic nitrogens is 3. The van der Waals surface area contributed by atoms with Gasteiger partial charge in [0.05, 0.1) is 18.4 Å². The third-order valence-corrected chi connectivity index (χ3v) is 7.20. The maximum absolute atomic E-state index is 13.4. The largest absolute Gasteiger partial charge is 0.497 e. The first kappa shape index (κ1) is 23.9. The summed E-state index contributed by atoms with van der Waals surface area (Å²) in [6, 6.07) is 28.4. The topological polar surface area (TPSA) is 59.7 Å². The lowest BCUT2D eigenvalue weighted by Gasteiger charge is -2.23. The minimum absolute atomic E-state index is 0.0746. The number of fused-ring (bicyclic) bond motifs is 3. The van der Waals surface area contributed by atoms with Gasteiger partial charge >= 0.3 is 0 Å². The fourth-order valence-corrected chi connectivity index (χ4v) is 5.20. The number of hydrogen-bond acceptors (Lipinski definition) is 5. The van der Waals surface area contributed by atoms with Gasteiger partial charge in [0.1, 0.15) is 5.75 Å². The third-order valence-electron chi connectivity index (χ3n) is 6.28. The number of hydrogen-bond donors (Lipinski definition) is 0. The van der Waals surface area contributed by atoms with Crippen LogP contribution in [-0.4, -0.2) is 44.8 Å². The molecule has 5 aromatic rings. The molecule has 0 radical (unpaired) electrons. The molecule has 1 amide bonds. The second-order valence-electron chi connectivity index (χ2n) is 8.71. The molecule has 0 aliphatic heterocycles. The average Bonchev–Trinajstić information content (AvgIpc) is 3.33. The first-order valence-corrected chi connectivity index (χ1v) is 12.9. The second-order valence-corrected chi connectivity index (χ2v) is 9.65. The molecule has 5 rings (SSSR count). The Hall–Kier alpha value is -3.84. The first-order chi connectivity index (χ1) is 17.6. The molecule has 2 heterocycles. The van der Waals surface area contributed by atoms with Crippen molar-refractivity contribution in [3.05, 3.63) is 102 Å². The van der Waals surface area contributed by atoms with E-state index >= 15 is 0 Å². The minimum atomic E-state index is 0.0746. The number of benzene rings is 3. The number of nitrogens with zero attached hydrogens (tertiary/aromatic N) is 4. The lowest BCUT2D eigenvalue weighted by molar-refractivity contribution is -0.128. The van der Waals surface area contributed by atoms with Gasteiger partial charge in [-0.25, -0.2) is 0 Å². The van der Waals surface area contributed by atoms with Gasteiger partial charge in [0.2, 0.25) is 5.91 Å². The second kappa shape index (κ2) is 10.8. The highest BCUT2D eigenvalue weighted by molar-refractivity contribution is 7.99. The summed E-state index contributed by atoms with van der Waals surface area (Å²) in [4.78, 5) is 15.4. The summed E-state index contributed by atoms with van der Waals surface area (Å²) in [6.45, 7) is 3.29. The highest BCUT2D eigenvalue weighted by atomic mass is 32.2. The Bertz CT molecular complexity index is 1490. The molecule has 0 aliphatic rings. The number of pyridine rings is 1. The van der Waals surface area contributed by atoms with Crippen LogP contribution in [-0.2, 0) is 17.8 Å². The van der Waals surface area contributed by atoms with Crippen LogP contribution in [0.5, 0.6) is 5.75 Å². The zero-order chi connectivity index (χ0) is 24.9. The smallest absolute Gasteiger partial charge is 0.233 e. The normalized spacial score (nSPS) is 11.2. The highest BCUT2D eigenvalue weighted by Gasteiger charge is 2.18. The lowest BCUT2D eigenvalue weighted by atomic mass is 10.1. The summed E-state index contributed by atoms with van der Waals surface area (Å²) in [7, 11) is 1.66. The van der Waals surface area contributed by atoms with Crippen LogP contribution in [0.1, 0.15) is 16.7 Å². The van der Waals surface area contributed by atoms with Crippen LogP contribution in [0.2, 0.25) is 0 Å². The van der Waals surface area contributed by atoms with Crippen LogP contribution in [0.3, 0.4) is 0 Å². The first-order valence-electron chi connectivity index (χ1n) is 11.9. The molecule has 0 spiro atoms. The SMILES string of the molecule is COc1ccc2c(C)cc3nnc(SCC(=O)N(CCc4ccccc4)Cc4ccccc4)n3c2c1. The number of methoxy groups -OCH3 is 1. The number of carbonyl (C=O) groups excluding carboxylic acids is 1. The molecule has 6 nitrogen and oxygen atoms in total. The summed E-state index contributed by atoms with van der Waals surface area (Å²) in [5.41, 5.74) is 5.18. The lowest BCUT2D eigenvalue weighted by Crippen LogP contribution is -2.33. The van der Waals surface area contributed by atoms with E-state index in [4.69, 9.17) is 4.74 Å². The van der Waals surface area contributed by atoms with E-state index in [1.165, 1.54) is 17.3 Å².